The zero-order valence-corrected chi connectivity index (χ0v) is 14.9. The lowest BCUT2D eigenvalue weighted by molar-refractivity contribution is 0.0747. The predicted molar refractivity (Wildman–Crippen MR) is 99.3 cm³/mol. The Balaban J connectivity index is 1.45. The molecule has 3 aromatic heterocycles. The maximum Gasteiger partial charge on any atom is 0.257 e. The molecule has 4 rings (SSSR count). The van der Waals surface area contributed by atoms with Gasteiger partial charge in [0.2, 0.25) is 0 Å². The molecule has 128 valence electrons. The molecule has 0 saturated carbocycles. The van der Waals surface area contributed by atoms with E-state index in [-0.39, 0.29) is 5.91 Å². The summed E-state index contributed by atoms with van der Waals surface area (Å²) in [6, 6.07) is 7.69. The number of H-pyrrole nitrogens is 1. The van der Waals surface area contributed by atoms with Gasteiger partial charge < -0.3 is 9.80 Å². The molecule has 1 aliphatic heterocycles. The van der Waals surface area contributed by atoms with Crippen molar-refractivity contribution in [3.05, 3.63) is 52.6 Å². The summed E-state index contributed by atoms with van der Waals surface area (Å²) in [4.78, 5) is 22.3. The van der Waals surface area contributed by atoms with Crippen molar-refractivity contribution in [2.24, 2.45) is 0 Å². The van der Waals surface area contributed by atoms with E-state index in [0.29, 0.717) is 23.7 Å². The standard InChI is InChI=1S/C17H16ClN5OS/c18-12-3-4-15(19-10-12)22-5-7-23(8-6-22)17(24)13-11-20-21-16(13)14-2-1-9-25-14/h1-4,9-11H,5-8H2,(H,20,21). The first kappa shape index (κ1) is 16.1. The van der Waals surface area contributed by atoms with Crippen LogP contribution >= 0.6 is 22.9 Å². The largest absolute Gasteiger partial charge is 0.353 e. The topological polar surface area (TPSA) is 65.1 Å². The summed E-state index contributed by atoms with van der Waals surface area (Å²) in [6.07, 6.45) is 3.26. The Bertz CT molecular complexity index is 854. The van der Waals surface area contributed by atoms with Crippen LogP contribution in [0.1, 0.15) is 10.4 Å². The average Bonchev–Trinajstić information content (AvgIpc) is 3.33. The van der Waals surface area contributed by atoms with Crippen LogP contribution < -0.4 is 4.90 Å². The monoisotopic (exact) mass is 373 g/mol. The van der Waals surface area contributed by atoms with Crippen molar-refractivity contribution in [3.8, 4) is 10.6 Å². The van der Waals surface area contributed by atoms with Crippen molar-refractivity contribution < 1.29 is 4.79 Å². The lowest BCUT2D eigenvalue weighted by Gasteiger charge is -2.35. The fourth-order valence-corrected chi connectivity index (χ4v) is 3.77. The molecule has 0 atom stereocenters. The van der Waals surface area contributed by atoms with Crippen LogP contribution in [-0.2, 0) is 0 Å². The summed E-state index contributed by atoms with van der Waals surface area (Å²) in [5.74, 6) is 0.903. The Kier molecular flexibility index (Phi) is 4.42. The molecule has 0 radical (unpaired) electrons. The van der Waals surface area contributed by atoms with Gasteiger partial charge in [-0.3, -0.25) is 9.89 Å². The van der Waals surface area contributed by atoms with E-state index < -0.39 is 0 Å². The van der Waals surface area contributed by atoms with Gasteiger partial charge in [0.05, 0.1) is 27.4 Å². The maximum absolute atomic E-state index is 12.9. The van der Waals surface area contributed by atoms with Crippen LogP contribution in [-0.4, -0.2) is 52.2 Å². The number of hydrogen-bond acceptors (Lipinski definition) is 5. The average molecular weight is 374 g/mol. The van der Waals surface area contributed by atoms with Gasteiger partial charge in [-0.05, 0) is 23.6 Å². The van der Waals surface area contributed by atoms with E-state index in [2.05, 4.69) is 20.1 Å². The molecule has 0 aliphatic carbocycles. The Morgan fingerprint density at radius 3 is 2.68 bits per heavy atom. The molecular formula is C17H16ClN5OS. The number of pyridine rings is 1. The Labute approximate surface area is 154 Å². The summed E-state index contributed by atoms with van der Waals surface area (Å²) in [6.45, 7) is 2.79. The van der Waals surface area contributed by atoms with E-state index >= 15 is 0 Å². The Morgan fingerprint density at radius 1 is 1.16 bits per heavy atom. The van der Waals surface area contributed by atoms with Gasteiger partial charge in [-0.25, -0.2) is 4.98 Å². The van der Waals surface area contributed by atoms with E-state index in [0.717, 1.165) is 29.5 Å². The summed E-state index contributed by atoms with van der Waals surface area (Å²) in [5.41, 5.74) is 1.42. The second-order valence-corrected chi connectivity index (χ2v) is 7.13. The Hall–Kier alpha value is -2.38. The van der Waals surface area contributed by atoms with Crippen LogP contribution in [0.15, 0.2) is 42.0 Å². The van der Waals surface area contributed by atoms with Gasteiger partial charge in [0, 0.05) is 32.4 Å². The highest BCUT2D eigenvalue weighted by molar-refractivity contribution is 7.13. The van der Waals surface area contributed by atoms with Crippen molar-refractivity contribution in [2.45, 2.75) is 0 Å². The minimum atomic E-state index is 0.0147. The van der Waals surface area contributed by atoms with Crippen molar-refractivity contribution >= 4 is 34.7 Å². The van der Waals surface area contributed by atoms with Crippen LogP contribution in [0.2, 0.25) is 5.02 Å². The van der Waals surface area contributed by atoms with Crippen molar-refractivity contribution in [2.75, 3.05) is 31.1 Å². The highest BCUT2D eigenvalue weighted by Crippen LogP contribution is 2.27. The molecule has 8 heteroatoms. The van der Waals surface area contributed by atoms with Gasteiger partial charge in [0.1, 0.15) is 5.82 Å². The molecule has 1 aliphatic rings. The van der Waals surface area contributed by atoms with E-state index in [4.69, 9.17) is 11.6 Å². The number of nitrogens with zero attached hydrogens (tertiary/aromatic N) is 4. The van der Waals surface area contributed by atoms with Gasteiger partial charge in [0.15, 0.2) is 0 Å². The van der Waals surface area contributed by atoms with Crippen LogP contribution in [0.25, 0.3) is 10.6 Å². The summed E-state index contributed by atoms with van der Waals surface area (Å²) < 4.78 is 0. The summed E-state index contributed by atoms with van der Waals surface area (Å²) in [5, 5.41) is 9.63. The van der Waals surface area contributed by atoms with Crippen molar-refractivity contribution in [1.29, 1.82) is 0 Å². The first-order chi connectivity index (χ1) is 12.2. The molecule has 3 aromatic rings. The van der Waals surface area contributed by atoms with Crippen molar-refractivity contribution in [1.82, 2.24) is 20.1 Å². The second kappa shape index (κ2) is 6.85. The summed E-state index contributed by atoms with van der Waals surface area (Å²) in [7, 11) is 0. The van der Waals surface area contributed by atoms with Crippen LogP contribution in [0.4, 0.5) is 5.82 Å². The number of amides is 1. The highest BCUT2D eigenvalue weighted by atomic mass is 35.5. The molecule has 1 N–H and O–H groups in total. The zero-order valence-electron chi connectivity index (χ0n) is 13.4. The number of rotatable bonds is 3. The number of aromatic nitrogens is 3. The highest BCUT2D eigenvalue weighted by Gasteiger charge is 2.26. The molecule has 1 fully saturated rings. The number of carbonyl (C=O) groups is 1. The number of nitrogens with one attached hydrogen (secondary N) is 1. The van der Waals surface area contributed by atoms with Gasteiger partial charge in [0.25, 0.3) is 5.91 Å². The number of carbonyl (C=O) groups excluding carboxylic acids is 1. The fourth-order valence-electron chi connectivity index (χ4n) is 2.92. The number of anilines is 1. The van der Waals surface area contributed by atoms with E-state index in [1.54, 1.807) is 23.7 Å². The third kappa shape index (κ3) is 3.25. The van der Waals surface area contributed by atoms with Gasteiger partial charge in [-0.2, -0.15) is 5.10 Å². The number of thiophene rings is 1. The predicted octanol–water partition coefficient (Wildman–Crippen LogP) is 3.15. The van der Waals surface area contributed by atoms with Crippen molar-refractivity contribution in [3.63, 3.8) is 0 Å². The third-order valence-corrected chi connectivity index (χ3v) is 5.35. The molecule has 6 nitrogen and oxygen atoms in total. The molecule has 0 unspecified atom stereocenters. The van der Waals surface area contributed by atoms with Gasteiger partial charge in [-0.1, -0.05) is 17.7 Å². The molecule has 1 amide bonds. The number of halogens is 1. The third-order valence-electron chi connectivity index (χ3n) is 4.24. The number of aromatic amines is 1. The number of piperazine rings is 1. The molecular weight excluding hydrogens is 358 g/mol. The fraction of sp³-hybridized carbons (Fsp3) is 0.235. The van der Waals surface area contributed by atoms with Gasteiger partial charge in [-0.15, -0.1) is 11.3 Å². The quantitative estimate of drug-likeness (QED) is 0.766. The lowest BCUT2D eigenvalue weighted by atomic mass is 10.1. The second-order valence-electron chi connectivity index (χ2n) is 5.75. The summed E-state index contributed by atoms with van der Waals surface area (Å²) >= 11 is 7.48. The van der Waals surface area contributed by atoms with Crippen LogP contribution in [0, 0.1) is 0 Å². The zero-order chi connectivity index (χ0) is 17.2. The molecule has 0 aromatic carbocycles. The van der Waals surface area contributed by atoms with E-state index in [1.165, 1.54) is 0 Å². The van der Waals surface area contributed by atoms with E-state index in [1.807, 2.05) is 34.5 Å². The molecule has 25 heavy (non-hydrogen) atoms. The van der Waals surface area contributed by atoms with E-state index in [9.17, 15) is 4.79 Å². The number of hydrogen-bond donors (Lipinski definition) is 1. The first-order valence-electron chi connectivity index (χ1n) is 7.95. The minimum absolute atomic E-state index is 0.0147. The van der Waals surface area contributed by atoms with Crippen LogP contribution in [0.5, 0.6) is 0 Å². The normalized spacial score (nSPS) is 14.8. The molecule has 1 saturated heterocycles. The maximum atomic E-state index is 12.9. The lowest BCUT2D eigenvalue weighted by Crippen LogP contribution is -2.49. The first-order valence-corrected chi connectivity index (χ1v) is 9.21. The molecule has 4 heterocycles. The van der Waals surface area contributed by atoms with Gasteiger partial charge >= 0.3 is 0 Å². The minimum Gasteiger partial charge on any atom is -0.353 e. The SMILES string of the molecule is O=C(c1cn[nH]c1-c1cccs1)N1CCN(c2ccc(Cl)cn2)CC1. The smallest absolute Gasteiger partial charge is 0.257 e. The molecule has 0 bridgehead atoms. The van der Waals surface area contributed by atoms with Crippen LogP contribution in [0.3, 0.4) is 0 Å². The Morgan fingerprint density at radius 2 is 2.00 bits per heavy atom. The molecule has 0 spiro atoms.